The number of rotatable bonds is 10. The third-order valence-electron chi connectivity index (χ3n) is 4.59. The molecule has 2 heterocycles. The minimum atomic E-state index is -0.378. The molecule has 0 unspecified atom stereocenters. The molecule has 166 valence electrons. The number of carbonyl (C=O) groups excluding carboxylic acids is 1. The first-order valence-corrected chi connectivity index (χ1v) is 9.93. The number of nitrogen functional groups attached to an aromatic ring is 1. The molecule has 0 fully saturated rings. The van der Waals surface area contributed by atoms with Crippen LogP contribution in [0.4, 0.5) is 10.2 Å². The van der Waals surface area contributed by atoms with Gasteiger partial charge in [0, 0.05) is 19.9 Å². The maximum absolute atomic E-state index is 13.2. The van der Waals surface area contributed by atoms with Gasteiger partial charge >= 0.3 is 0 Å². The van der Waals surface area contributed by atoms with Crippen molar-refractivity contribution in [1.29, 1.82) is 5.26 Å². The Kier molecular flexibility index (Phi) is 7.72. The second-order valence-corrected chi connectivity index (χ2v) is 6.76. The molecule has 2 aromatic heterocycles. The van der Waals surface area contributed by atoms with E-state index < -0.39 is 0 Å². The fraction of sp³-hybridized carbons (Fsp3) is 0.273. The van der Waals surface area contributed by atoms with Gasteiger partial charge in [-0.3, -0.25) is 4.79 Å². The van der Waals surface area contributed by atoms with Gasteiger partial charge in [0.2, 0.25) is 5.88 Å². The molecule has 0 aliphatic carbocycles. The standard InChI is InChI=1S/C22H23FN6O3/c1-31-12-13-32-22-17(4-2-11-27-22)21(30)26-10-3-5-19-18(14-24)20(25)29(28-19)16-8-6-15(23)7-9-16/h2,4,6-9,11H,3,5,10,12-13,25H2,1H3,(H,26,30). The second-order valence-electron chi connectivity index (χ2n) is 6.76. The second kappa shape index (κ2) is 10.9. The van der Waals surface area contributed by atoms with Crippen molar-refractivity contribution in [2.75, 3.05) is 32.6 Å². The molecule has 0 aliphatic rings. The molecule has 9 nitrogen and oxygen atoms in total. The average molecular weight is 438 g/mol. The van der Waals surface area contributed by atoms with Crippen LogP contribution in [0.5, 0.6) is 5.88 Å². The van der Waals surface area contributed by atoms with Gasteiger partial charge in [-0.25, -0.2) is 14.1 Å². The quantitative estimate of drug-likeness (QED) is 0.465. The highest BCUT2D eigenvalue weighted by Gasteiger charge is 2.17. The first-order chi connectivity index (χ1) is 15.5. The van der Waals surface area contributed by atoms with Gasteiger partial charge in [0.25, 0.3) is 5.91 Å². The number of anilines is 1. The number of halogens is 1. The maximum Gasteiger partial charge on any atom is 0.256 e. The predicted octanol–water partition coefficient (Wildman–Crippen LogP) is 2.25. The summed E-state index contributed by atoms with van der Waals surface area (Å²) in [7, 11) is 1.56. The molecule has 0 aliphatic heterocycles. The Morgan fingerprint density at radius 3 is 2.78 bits per heavy atom. The Morgan fingerprint density at radius 1 is 1.28 bits per heavy atom. The lowest BCUT2D eigenvalue weighted by Gasteiger charge is -2.10. The van der Waals surface area contributed by atoms with Crippen LogP contribution in [-0.4, -0.2) is 47.5 Å². The summed E-state index contributed by atoms with van der Waals surface area (Å²) < 4.78 is 25.0. The Hall–Kier alpha value is -3.97. The Labute approximate surface area is 184 Å². The highest BCUT2D eigenvalue weighted by molar-refractivity contribution is 5.96. The Bertz CT molecular complexity index is 1110. The molecule has 10 heteroatoms. The zero-order valence-electron chi connectivity index (χ0n) is 17.5. The van der Waals surface area contributed by atoms with Gasteiger partial charge in [-0.05, 0) is 49.2 Å². The van der Waals surface area contributed by atoms with E-state index in [0.29, 0.717) is 42.9 Å². The molecule has 0 atom stereocenters. The van der Waals surface area contributed by atoms with Gasteiger partial charge in [-0.15, -0.1) is 0 Å². The number of methoxy groups -OCH3 is 1. The van der Waals surface area contributed by atoms with Crippen LogP contribution in [0.15, 0.2) is 42.6 Å². The molecule has 3 rings (SSSR count). The van der Waals surface area contributed by atoms with Gasteiger partial charge in [-0.2, -0.15) is 10.4 Å². The number of nitrogens with two attached hydrogens (primary N) is 1. The van der Waals surface area contributed by atoms with Crippen molar-refractivity contribution >= 4 is 11.7 Å². The summed E-state index contributed by atoms with van der Waals surface area (Å²) in [5, 5.41) is 16.7. The van der Waals surface area contributed by atoms with Crippen molar-refractivity contribution in [2.24, 2.45) is 0 Å². The summed E-state index contributed by atoms with van der Waals surface area (Å²) in [5.41, 5.74) is 7.72. The summed E-state index contributed by atoms with van der Waals surface area (Å²) in [6.07, 6.45) is 2.50. The number of nitrogens with one attached hydrogen (secondary N) is 1. The summed E-state index contributed by atoms with van der Waals surface area (Å²) in [5.74, 6) is -0.273. The van der Waals surface area contributed by atoms with Crippen molar-refractivity contribution in [3.8, 4) is 17.6 Å². The maximum atomic E-state index is 13.2. The minimum Gasteiger partial charge on any atom is -0.475 e. The first-order valence-electron chi connectivity index (χ1n) is 9.93. The van der Waals surface area contributed by atoms with E-state index in [-0.39, 0.29) is 35.6 Å². The molecular formula is C22H23FN6O3. The monoisotopic (exact) mass is 438 g/mol. The van der Waals surface area contributed by atoms with Crippen LogP contribution < -0.4 is 15.8 Å². The van der Waals surface area contributed by atoms with E-state index in [0.717, 1.165) is 0 Å². The SMILES string of the molecule is COCCOc1ncccc1C(=O)NCCCc1nn(-c2ccc(F)cc2)c(N)c1C#N. The van der Waals surface area contributed by atoms with Crippen LogP contribution in [0.3, 0.4) is 0 Å². The summed E-state index contributed by atoms with van der Waals surface area (Å²) in [4.78, 5) is 16.6. The molecule has 32 heavy (non-hydrogen) atoms. The fourth-order valence-corrected chi connectivity index (χ4v) is 3.01. The number of nitriles is 1. The van der Waals surface area contributed by atoms with Gasteiger partial charge in [0.15, 0.2) is 0 Å². The number of ether oxygens (including phenoxy) is 2. The number of nitrogens with zero attached hydrogens (tertiary/aromatic N) is 4. The lowest BCUT2D eigenvalue weighted by atomic mass is 10.1. The predicted molar refractivity (Wildman–Crippen MR) is 115 cm³/mol. The number of pyridine rings is 1. The van der Waals surface area contributed by atoms with Crippen LogP contribution >= 0.6 is 0 Å². The molecule has 0 saturated heterocycles. The molecule has 1 amide bonds. The zero-order chi connectivity index (χ0) is 22.9. The molecule has 1 aromatic carbocycles. The lowest BCUT2D eigenvalue weighted by Crippen LogP contribution is -2.26. The Morgan fingerprint density at radius 2 is 2.06 bits per heavy atom. The number of hydrogen-bond acceptors (Lipinski definition) is 7. The molecule has 3 N–H and O–H groups in total. The first kappa shape index (κ1) is 22.7. The lowest BCUT2D eigenvalue weighted by molar-refractivity contribution is 0.0943. The highest BCUT2D eigenvalue weighted by Crippen LogP contribution is 2.22. The topological polar surface area (TPSA) is 128 Å². The van der Waals surface area contributed by atoms with Gasteiger partial charge in [0.05, 0.1) is 18.0 Å². The smallest absolute Gasteiger partial charge is 0.256 e. The minimum absolute atomic E-state index is 0.186. The fourth-order valence-electron chi connectivity index (χ4n) is 3.01. The van der Waals surface area contributed by atoms with Gasteiger partial charge in [0.1, 0.15) is 35.4 Å². The van der Waals surface area contributed by atoms with Crippen molar-refractivity contribution in [1.82, 2.24) is 20.1 Å². The molecule has 0 bridgehead atoms. The van der Waals surface area contributed by atoms with E-state index in [1.165, 1.54) is 28.9 Å². The van der Waals surface area contributed by atoms with Crippen molar-refractivity contribution in [3.05, 3.63) is 65.2 Å². The summed E-state index contributed by atoms with van der Waals surface area (Å²) >= 11 is 0. The van der Waals surface area contributed by atoms with E-state index in [9.17, 15) is 14.4 Å². The van der Waals surface area contributed by atoms with E-state index in [4.69, 9.17) is 15.2 Å². The number of carbonyl (C=O) groups is 1. The molecular weight excluding hydrogens is 415 g/mol. The highest BCUT2D eigenvalue weighted by atomic mass is 19.1. The summed E-state index contributed by atoms with van der Waals surface area (Å²) in [6, 6.07) is 11.0. The Balaban J connectivity index is 1.60. The normalized spacial score (nSPS) is 10.5. The van der Waals surface area contributed by atoms with Crippen LogP contribution in [0.25, 0.3) is 5.69 Å². The van der Waals surface area contributed by atoms with Crippen molar-refractivity contribution in [3.63, 3.8) is 0 Å². The number of aryl methyl sites for hydroxylation is 1. The van der Waals surface area contributed by atoms with E-state index >= 15 is 0 Å². The van der Waals surface area contributed by atoms with Crippen molar-refractivity contribution < 1.29 is 18.7 Å². The zero-order valence-corrected chi connectivity index (χ0v) is 17.5. The van der Waals surface area contributed by atoms with Crippen LogP contribution in [0, 0.1) is 17.1 Å². The molecule has 0 saturated carbocycles. The average Bonchev–Trinajstić information content (AvgIpc) is 3.12. The molecule has 0 spiro atoms. The number of amides is 1. The van der Waals surface area contributed by atoms with Crippen molar-refractivity contribution in [2.45, 2.75) is 12.8 Å². The summed E-state index contributed by atoms with van der Waals surface area (Å²) in [6.45, 7) is 1.01. The molecule has 3 aromatic rings. The van der Waals surface area contributed by atoms with E-state index in [2.05, 4.69) is 21.5 Å². The van der Waals surface area contributed by atoms with Crippen LogP contribution in [0.2, 0.25) is 0 Å². The number of hydrogen-bond donors (Lipinski definition) is 2. The largest absolute Gasteiger partial charge is 0.475 e. The van der Waals surface area contributed by atoms with E-state index in [1.807, 2.05) is 0 Å². The third-order valence-corrected chi connectivity index (χ3v) is 4.59. The van der Waals surface area contributed by atoms with Crippen LogP contribution in [-0.2, 0) is 11.2 Å². The number of benzene rings is 1. The van der Waals surface area contributed by atoms with Gasteiger partial charge in [-0.1, -0.05) is 0 Å². The molecule has 0 radical (unpaired) electrons. The van der Waals surface area contributed by atoms with E-state index in [1.54, 1.807) is 25.4 Å². The van der Waals surface area contributed by atoms with Gasteiger partial charge < -0.3 is 20.5 Å². The van der Waals surface area contributed by atoms with Crippen LogP contribution in [0.1, 0.15) is 28.0 Å². The number of aromatic nitrogens is 3. The third kappa shape index (κ3) is 5.39.